The normalized spacial score (nSPS) is 15.9. The van der Waals surface area contributed by atoms with E-state index >= 15 is 0 Å². The van der Waals surface area contributed by atoms with Crippen LogP contribution in [0.1, 0.15) is 59.3 Å². The molecule has 1 aromatic heterocycles. The molecule has 2 amide bonds. The number of nitrogens with one attached hydrogen (secondary N) is 1. The van der Waals surface area contributed by atoms with Crippen LogP contribution in [-0.2, 0) is 17.9 Å². The van der Waals surface area contributed by atoms with Crippen molar-refractivity contribution in [3.05, 3.63) is 93.4 Å². The van der Waals surface area contributed by atoms with Gasteiger partial charge in [-0.3, -0.25) is 19.0 Å². The van der Waals surface area contributed by atoms with Crippen molar-refractivity contribution in [2.24, 2.45) is 0 Å². The van der Waals surface area contributed by atoms with Gasteiger partial charge >= 0.3 is 12.1 Å². The number of aromatic nitrogens is 2. The molecule has 8 nitrogen and oxygen atoms in total. The lowest BCUT2D eigenvalue weighted by Gasteiger charge is -2.39. The van der Waals surface area contributed by atoms with E-state index in [-0.39, 0.29) is 31.8 Å². The second-order valence-electron chi connectivity index (χ2n) is 8.89. The van der Waals surface area contributed by atoms with Crippen LogP contribution in [0.4, 0.5) is 17.6 Å². The first-order valence-corrected chi connectivity index (χ1v) is 11.8. The number of nitrogens with zero attached hydrogens (tertiary/aromatic N) is 3. The van der Waals surface area contributed by atoms with Gasteiger partial charge in [-0.25, -0.2) is 9.37 Å². The number of hydrogen-bond donors (Lipinski definition) is 2. The summed E-state index contributed by atoms with van der Waals surface area (Å²) in [7, 11) is 0. The van der Waals surface area contributed by atoms with Gasteiger partial charge in [0.1, 0.15) is 11.6 Å². The second-order valence-corrected chi connectivity index (χ2v) is 8.89. The largest absolute Gasteiger partial charge is 0.501 e. The van der Waals surface area contributed by atoms with Crippen LogP contribution in [0.25, 0.3) is 0 Å². The van der Waals surface area contributed by atoms with Crippen LogP contribution in [0.15, 0.2) is 59.4 Å². The van der Waals surface area contributed by atoms with Crippen LogP contribution >= 0.6 is 0 Å². The molecule has 2 N–H and O–H groups in total. The second kappa shape index (κ2) is 10.6. The van der Waals surface area contributed by atoms with Crippen molar-refractivity contribution in [3.8, 4) is 5.75 Å². The van der Waals surface area contributed by atoms with E-state index in [0.717, 1.165) is 4.57 Å². The third kappa shape index (κ3) is 5.38. The van der Waals surface area contributed by atoms with Crippen LogP contribution in [-0.4, -0.2) is 37.5 Å². The number of alkyl halides is 3. The smallest absolute Gasteiger partial charge is 0.471 e. The lowest BCUT2D eigenvalue weighted by molar-refractivity contribution is -0.191. The Bertz CT molecular complexity index is 1390. The third-order valence-corrected chi connectivity index (χ3v) is 6.43. The van der Waals surface area contributed by atoms with Crippen molar-refractivity contribution in [1.29, 1.82) is 0 Å². The minimum Gasteiger partial charge on any atom is -0.501 e. The van der Waals surface area contributed by atoms with Crippen LogP contribution in [0.2, 0.25) is 0 Å². The molecule has 1 unspecified atom stereocenters. The van der Waals surface area contributed by atoms with Gasteiger partial charge < -0.3 is 15.3 Å². The predicted molar refractivity (Wildman–Crippen MR) is 127 cm³/mol. The first-order valence-electron chi connectivity index (χ1n) is 11.8. The zero-order valence-electron chi connectivity index (χ0n) is 20.2. The molecule has 1 aliphatic heterocycles. The molecule has 200 valence electrons. The van der Waals surface area contributed by atoms with E-state index in [9.17, 15) is 37.1 Å². The molecule has 2 aromatic carbocycles. The Morgan fingerprint density at radius 1 is 1.16 bits per heavy atom. The number of rotatable bonds is 6. The van der Waals surface area contributed by atoms with Crippen LogP contribution in [0.5, 0.6) is 5.75 Å². The van der Waals surface area contributed by atoms with Gasteiger partial charge in [0.25, 0.3) is 11.5 Å². The van der Waals surface area contributed by atoms with Gasteiger partial charge in [-0.05, 0) is 43.0 Å². The van der Waals surface area contributed by atoms with E-state index in [1.807, 2.05) is 0 Å². The average Bonchev–Trinajstić information content (AvgIpc) is 2.90. The van der Waals surface area contributed by atoms with E-state index in [4.69, 9.17) is 0 Å². The molecule has 0 aliphatic carbocycles. The summed E-state index contributed by atoms with van der Waals surface area (Å²) < 4.78 is 55.3. The summed E-state index contributed by atoms with van der Waals surface area (Å²) in [5.41, 5.74) is -0.730. The summed E-state index contributed by atoms with van der Waals surface area (Å²) in [4.78, 5) is 43.2. The number of amides is 2. The Labute approximate surface area is 214 Å². The Morgan fingerprint density at radius 2 is 1.82 bits per heavy atom. The zero-order valence-corrected chi connectivity index (χ0v) is 20.2. The predicted octanol–water partition coefficient (Wildman–Crippen LogP) is 4.01. The number of hydrogen-bond acceptors (Lipinski definition) is 5. The topological polar surface area (TPSA) is 105 Å². The van der Waals surface area contributed by atoms with Crippen molar-refractivity contribution in [2.45, 2.75) is 51.1 Å². The van der Waals surface area contributed by atoms with Gasteiger partial charge in [-0.2, -0.15) is 13.2 Å². The molecule has 0 saturated heterocycles. The average molecular weight is 532 g/mol. The maximum absolute atomic E-state index is 13.7. The molecular weight excluding hydrogens is 508 g/mol. The SMILES string of the molecule is C[C@@H](c1ccccc1)N(C(=O)C(F)(F)F)C1CCCn2c1nc(C(=O)NCc1ccc(F)cc1)c(O)c2=O. The highest BCUT2D eigenvalue weighted by Gasteiger charge is 2.48. The van der Waals surface area contributed by atoms with Crippen LogP contribution in [0, 0.1) is 5.82 Å². The van der Waals surface area contributed by atoms with Crippen molar-refractivity contribution in [3.63, 3.8) is 0 Å². The Morgan fingerprint density at radius 3 is 2.45 bits per heavy atom. The zero-order chi connectivity index (χ0) is 27.6. The Balaban J connectivity index is 1.74. The summed E-state index contributed by atoms with van der Waals surface area (Å²) in [5.74, 6) is -4.74. The number of halogens is 4. The van der Waals surface area contributed by atoms with Crippen LogP contribution in [0.3, 0.4) is 0 Å². The molecule has 0 saturated carbocycles. The molecular formula is C26H24F4N4O4. The summed E-state index contributed by atoms with van der Waals surface area (Å²) in [5, 5.41) is 12.9. The molecule has 12 heteroatoms. The van der Waals surface area contributed by atoms with Crippen molar-refractivity contribution < 1.29 is 32.3 Å². The standard InChI is InChI=1S/C26H24F4N4O4/c1-15(17-6-3-2-4-7-17)34(25(38)26(28,29)30)19-8-5-13-33-22(19)32-20(21(35)24(33)37)23(36)31-14-16-9-11-18(27)12-10-16/h2-4,6-7,9-12,15,19,35H,5,8,13-14H2,1H3,(H,31,36)/t15-,19?/m0/s1. The summed E-state index contributed by atoms with van der Waals surface area (Å²) in [6, 6.07) is 11.0. The molecule has 2 heterocycles. The number of aromatic hydroxyl groups is 1. The quantitative estimate of drug-likeness (QED) is 0.467. The van der Waals surface area contributed by atoms with Gasteiger partial charge in [0.2, 0.25) is 5.75 Å². The summed E-state index contributed by atoms with van der Waals surface area (Å²) in [6.07, 6.45) is -4.93. The van der Waals surface area contributed by atoms with E-state index in [0.29, 0.717) is 16.0 Å². The molecule has 1 aliphatic rings. The fraction of sp³-hybridized carbons (Fsp3) is 0.308. The number of carbonyl (C=O) groups excluding carboxylic acids is 2. The van der Waals surface area contributed by atoms with E-state index in [1.165, 1.54) is 31.2 Å². The Hall–Kier alpha value is -4.22. The third-order valence-electron chi connectivity index (χ3n) is 6.43. The van der Waals surface area contributed by atoms with Crippen molar-refractivity contribution in [1.82, 2.24) is 19.8 Å². The fourth-order valence-electron chi connectivity index (χ4n) is 4.52. The highest BCUT2D eigenvalue weighted by molar-refractivity contribution is 5.94. The Kier molecular flexibility index (Phi) is 7.51. The lowest BCUT2D eigenvalue weighted by atomic mass is 9.98. The summed E-state index contributed by atoms with van der Waals surface area (Å²) in [6.45, 7) is 1.38. The molecule has 3 aromatic rings. The molecule has 0 fully saturated rings. The minimum absolute atomic E-state index is 0.0382. The summed E-state index contributed by atoms with van der Waals surface area (Å²) >= 11 is 0. The molecule has 0 bridgehead atoms. The van der Waals surface area contributed by atoms with Crippen molar-refractivity contribution >= 4 is 11.8 Å². The van der Waals surface area contributed by atoms with E-state index in [1.54, 1.807) is 30.3 Å². The molecule has 38 heavy (non-hydrogen) atoms. The monoisotopic (exact) mass is 532 g/mol. The van der Waals surface area contributed by atoms with Gasteiger partial charge in [0.15, 0.2) is 5.69 Å². The molecule has 4 rings (SSSR count). The molecule has 2 atom stereocenters. The fourth-order valence-corrected chi connectivity index (χ4v) is 4.52. The number of fused-ring (bicyclic) bond motifs is 1. The van der Waals surface area contributed by atoms with Crippen LogP contribution < -0.4 is 10.9 Å². The maximum atomic E-state index is 13.7. The lowest BCUT2D eigenvalue weighted by Crippen LogP contribution is -2.48. The van der Waals surface area contributed by atoms with E-state index < -0.39 is 52.9 Å². The highest BCUT2D eigenvalue weighted by atomic mass is 19.4. The first-order chi connectivity index (χ1) is 18.0. The number of benzene rings is 2. The van der Waals surface area contributed by atoms with E-state index in [2.05, 4.69) is 10.3 Å². The minimum atomic E-state index is -5.21. The first kappa shape index (κ1) is 26.8. The highest BCUT2D eigenvalue weighted by Crippen LogP contribution is 2.38. The maximum Gasteiger partial charge on any atom is 0.471 e. The van der Waals surface area contributed by atoms with Gasteiger partial charge in [-0.15, -0.1) is 0 Å². The molecule has 0 radical (unpaired) electrons. The van der Waals surface area contributed by atoms with Crippen molar-refractivity contribution in [2.75, 3.05) is 0 Å². The van der Waals surface area contributed by atoms with Gasteiger partial charge in [0, 0.05) is 13.1 Å². The molecule has 0 spiro atoms. The van der Waals surface area contributed by atoms with Gasteiger partial charge in [-0.1, -0.05) is 42.5 Å². The van der Waals surface area contributed by atoms with Gasteiger partial charge in [0.05, 0.1) is 12.1 Å². The number of carbonyl (C=O) groups is 2.